The van der Waals surface area contributed by atoms with Gasteiger partial charge in [-0.15, -0.1) is 0 Å². The number of hydrogen-bond acceptors (Lipinski definition) is 5. The smallest absolute Gasteiger partial charge is 0.230 e. The minimum Gasteiger partial charge on any atom is -0.370 e. The predicted molar refractivity (Wildman–Crippen MR) is 96.7 cm³/mol. The van der Waals surface area contributed by atoms with Crippen molar-refractivity contribution in [1.82, 2.24) is 4.98 Å². The third kappa shape index (κ3) is 2.94. The summed E-state index contributed by atoms with van der Waals surface area (Å²) >= 11 is 6.38. The molecular weight excluding hydrogens is 338 g/mol. The Balaban J connectivity index is 1.82. The van der Waals surface area contributed by atoms with E-state index in [-0.39, 0.29) is 12.3 Å². The highest BCUT2D eigenvalue weighted by atomic mass is 35.5. The van der Waals surface area contributed by atoms with Gasteiger partial charge < -0.3 is 10.2 Å². The fourth-order valence-electron chi connectivity index (χ4n) is 2.91. The maximum atomic E-state index is 12.3. The monoisotopic (exact) mass is 351 g/mol. The van der Waals surface area contributed by atoms with Crippen LogP contribution in [-0.4, -0.2) is 29.7 Å². The summed E-state index contributed by atoms with van der Waals surface area (Å²) in [6.07, 6.45) is 2.82. The molecule has 1 amide bonds. The molecule has 0 atom stereocenters. The number of anilines is 2. The largest absolute Gasteiger partial charge is 0.370 e. The number of pyridine rings is 1. The summed E-state index contributed by atoms with van der Waals surface area (Å²) in [6, 6.07) is 9.07. The first kappa shape index (κ1) is 15.6. The van der Waals surface area contributed by atoms with Crippen LogP contribution in [0.2, 0.25) is 5.02 Å². The minimum atomic E-state index is -0.166. The van der Waals surface area contributed by atoms with Crippen LogP contribution in [0.5, 0.6) is 0 Å². The van der Waals surface area contributed by atoms with Gasteiger partial charge >= 0.3 is 0 Å². The lowest BCUT2D eigenvalue weighted by molar-refractivity contribution is -0.115. The van der Waals surface area contributed by atoms with Crippen LogP contribution in [0, 0.1) is 11.3 Å². The summed E-state index contributed by atoms with van der Waals surface area (Å²) in [4.78, 5) is 23.1. The highest BCUT2D eigenvalue weighted by Gasteiger charge is 2.23. The second-order valence-electron chi connectivity index (χ2n) is 5.99. The minimum absolute atomic E-state index is 0.125. The number of benzene rings is 1. The van der Waals surface area contributed by atoms with Crippen LogP contribution in [0.1, 0.15) is 24.1 Å². The molecule has 7 heteroatoms. The Bertz CT molecular complexity index is 943. The van der Waals surface area contributed by atoms with Crippen LogP contribution >= 0.6 is 11.6 Å². The molecule has 2 aliphatic rings. The van der Waals surface area contributed by atoms with Gasteiger partial charge in [0.1, 0.15) is 11.8 Å². The quantitative estimate of drug-likeness (QED) is 0.900. The Morgan fingerprint density at radius 1 is 1.28 bits per heavy atom. The molecule has 0 radical (unpaired) electrons. The number of halogens is 1. The zero-order valence-corrected chi connectivity index (χ0v) is 14.0. The highest BCUT2D eigenvalue weighted by Crippen LogP contribution is 2.39. The molecule has 0 saturated carbocycles. The fourth-order valence-corrected chi connectivity index (χ4v) is 3.20. The highest BCUT2D eigenvalue weighted by molar-refractivity contribution is 6.34. The van der Waals surface area contributed by atoms with E-state index in [4.69, 9.17) is 16.9 Å². The average Bonchev–Trinajstić information content (AvgIpc) is 2.71. The van der Waals surface area contributed by atoms with E-state index in [9.17, 15) is 4.79 Å². The maximum Gasteiger partial charge on any atom is 0.230 e. The lowest BCUT2D eigenvalue weighted by atomic mass is 10.1. The summed E-state index contributed by atoms with van der Waals surface area (Å²) in [5.74, 6) is -0.166. The van der Waals surface area contributed by atoms with E-state index in [0.717, 1.165) is 30.8 Å². The first-order valence-electron chi connectivity index (χ1n) is 7.96. The van der Waals surface area contributed by atoms with Crippen molar-refractivity contribution in [3.63, 3.8) is 0 Å². The normalized spacial score (nSPS) is 16.1. The third-order valence-electron chi connectivity index (χ3n) is 4.33. The van der Waals surface area contributed by atoms with Crippen molar-refractivity contribution in [2.75, 3.05) is 23.3 Å². The summed E-state index contributed by atoms with van der Waals surface area (Å²) in [5.41, 5.74) is 3.81. The predicted octanol–water partition coefficient (Wildman–Crippen LogP) is 3.28. The van der Waals surface area contributed by atoms with Gasteiger partial charge in [0.15, 0.2) is 0 Å². The zero-order valence-electron chi connectivity index (χ0n) is 13.3. The molecule has 1 aromatic carbocycles. The van der Waals surface area contributed by atoms with Crippen molar-refractivity contribution in [1.29, 1.82) is 5.26 Å². The first-order chi connectivity index (χ1) is 12.1. The molecule has 124 valence electrons. The van der Waals surface area contributed by atoms with Crippen LogP contribution in [-0.2, 0) is 4.79 Å². The average molecular weight is 352 g/mol. The molecule has 0 bridgehead atoms. The molecule has 0 unspecified atom stereocenters. The third-order valence-corrected chi connectivity index (χ3v) is 4.63. The molecule has 1 saturated heterocycles. The van der Waals surface area contributed by atoms with Crippen molar-refractivity contribution < 1.29 is 4.79 Å². The SMILES string of the molecule is N#Cc1cc(C2=Nc3cc(N4CCC4)c(Cl)cc3NC(=O)C2)ccn1. The van der Waals surface area contributed by atoms with Crippen molar-refractivity contribution in [2.24, 2.45) is 4.99 Å². The van der Waals surface area contributed by atoms with Crippen molar-refractivity contribution >= 4 is 40.3 Å². The number of carbonyl (C=O) groups is 1. The number of hydrogen-bond donors (Lipinski definition) is 1. The topological polar surface area (TPSA) is 81.4 Å². The molecular formula is C18H14ClN5O. The van der Waals surface area contributed by atoms with Crippen LogP contribution in [0.3, 0.4) is 0 Å². The number of fused-ring (bicyclic) bond motifs is 1. The van der Waals surface area contributed by atoms with Gasteiger partial charge in [0, 0.05) is 24.8 Å². The summed E-state index contributed by atoms with van der Waals surface area (Å²) in [7, 11) is 0. The van der Waals surface area contributed by atoms with E-state index in [0.29, 0.717) is 27.8 Å². The van der Waals surface area contributed by atoms with Gasteiger partial charge in [-0.05, 0) is 30.7 Å². The van der Waals surface area contributed by atoms with Gasteiger partial charge in [0.25, 0.3) is 0 Å². The number of rotatable bonds is 2. The van der Waals surface area contributed by atoms with Crippen LogP contribution in [0.4, 0.5) is 17.1 Å². The summed E-state index contributed by atoms with van der Waals surface area (Å²) in [5, 5.41) is 12.5. The van der Waals surface area contributed by atoms with E-state index in [1.807, 2.05) is 12.1 Å². The second-order valence-corrected chi connectivity index (χ2v) is 6.39. The summed E-state index contributed by atoms with van der Waals surface area (Å²) < 4.78 is 0. The molecule has 4 rings (SSSR count). The van der Waals surface area contributed by atoms with Gasteiger partial charge in [-0.25, -0.2) is 4.98 Å². The van der Waals surface area contributed by atoms with E-state index in [1.54, 1.807) is 24.4 Å². The summed E-state index contributed by atoms with van der Waals surface area (Å²) in [6.45, 7) is 1.94. The van der Waals surface area contributed by atoms with Gasteiger partial charge in [-0.3, -0.25) is 9.79 Å². The number of nitrogens with one attached hydrogen (secondary N) is 1. The molecule has 1 N–H and O–H groups in total. The van der Waals surface area contributed by atoms with Crippen LogP contribution in [0.15, 0.2) is 35.5 Å². The molecule has 1 fully saturated rings. The number of carbonyl (C=O) groups excluding carboxylic acids is 1. The van der Waals surface area contributed by atoms with Gasteiger partial charge in [-0.1, -0.05) is 11.6 Å². The number of nitriles is 1. The first-order valence-corrected chi connectivity index (χ1v) is 8.34. The van der Waals surface area contributed by atoms with Gasteiger partial charge in [0.05, 0.1) is 34.2 Å². The molecule has 0 aliphatic carbocycles. The molecule has 1 aromatic heterocycles. The molecule has 25 heavy (non-hydrogen) atoms. The Morgan fingerprint density at radius 2 is 2.12 bits per heavy atom. The van der Waals surface area contributed by atoms with Crippen molar-refractivity contribution in [3.8, 4) is 6.07 Å². The van der Waals surface area contributed by atoms with E-state index in [1.165, 1.54) is 0 Å². The number of aromatic nitrogens is 1. The molecule has 0 spiro atoms. The maximum absolute atomic E-state index is 12.3. The van der Waals surface area contributed by atoms with Crippen LogP contribution in [0.25, 0.3) is 0 Å². The Kier molecular flexibility index (Phi) is 3.86. The zero-order chi connectivity index (χ0) is 17.4. The number of amides is 1. The molecule has 2 aromatic rings. The Hall–Kier alpha value is -2.91. The molecule has 2 aliphatic heterocycles. The second kappa shape index (κ2) is 6.19. The molecule has 3 heterocycles. The number of nitrogens with zero attached hydrogens (tertiary/aromatic N) is 4. The Labute approximate surface area is 149 Å². The fraction of sp³-hybridized carbons (Fsp3) is 0.222. The van der Waals surface area contributed by atoms with E-state index >= 15 is 0 Å². The van der Waals surface area contributed by atoms with E-state index in [2.05, 4.69) is 20.2 Å². The van der Waals surface area contributed by atoms with Crippen molar-refractivity contribution in [2.45, 2.75) is 12.8 Å². The van der Waals surface area contributed by atoms with E-state index < -0.39 is 0 Å². The van der Waals surface area contributed by atoms with Crippen LogP contribution < -0.4 is 10.2 Å². The lowest BCUT2D eigenvalue weighted by Crippen LogP contribution is -2.37. The molecule has 6 nitrogen and oxygen atoms in total. The Morgan fingerprint density at radius 3 is 2.84 bits per heavy atom. The van der Waals surface area contributed by atoms with Gasteiger partial charge in [0.2, 0.25) is 5.91 Å². The lowest BCUT2D eigenvalue weighted by Gasteiger charge is -2.34. The van der Waals surface area contributed by atoms with Gasteiger partial charge in [-0.2, -0.15) is 5.26 Å². The standard InChI is InChI=1S/C18H14ClN5O/c19-13-7-15-16(8-17(13)24-4-1-5-24)22-14(9-18(25)23-15)11-2-3-21-12(6-11)10-20/h2-3,6-8H,1,4-5,9H2,(H,23,25). The number of aliphatic imine (C=N–C) groups is 1. The van der Waals surface area contributed by atoms with Crippen molar-refractivity contribution in [3.05, 3.63) is 46.7 Å².